The molecule has 0 fully saturated rings. The normalized spacial score (nSPS) is 10.3. The summed E-state index contributed by atoms with van der Waals surface area (Å²) >= 11 is 6.68. The lowest BCUT2D eigenvalue weighted by atomic mass is 10.0. The monoisotopic (exact) mass is 560 g/mol. The SMILES string of the molecule is O=C(c1ccccc1I)c1cccc(I)c1I. The number of carbonyl (C=O) groups is 1. The molecule has 0 saturated carbocycles. The second kappa shape index (κ2) is 5.96. The minimum atomic E-state index is 0.0953. The smallest absolute Gasteiger partial charge is 0.195 e. The summed E-state index contributed by atoms with van der Waals surface area (Å²) in [6.07, 6.45) is 0. The zero-order chi connectivity index (χ0) is 12.4. The Morgan fingerprint density at radius 1 is 0.765 bits per heavy atom. The Bertz CT molecular complexity index is 579. The summed E-state index contributed by atoms with van der Waals surface area (Å²) in [7, 11) is 0. The third-order valence-electron chi connectivity index (χ3n) is 2.31. The van der Waals surface area contributed by atoms with Gasteiger partial charge < -0.3 is 0 Å². The van der Waals surface area contributed by atoms with E-state index in [4.69, 9.17) is 0 Å². The first-order valence-electron chi connectivity index (χ1n) is 4.84. The molecule has 0 aromatic heterocycles. The predicted molar refractivity (Wildman–Crippen MR) is 94.5 cm³/mol. The van der Waals surface area contributed by atoms with Crippen LogP contribution in [0, 0.1) is 10.7 Å². The number of hydrogen-bond donors (Lipinski definition) is 0. The average Bonchev–Trinajstić information content (AvgIpc) is 2.32. The minimum absolute atomic E-state index is 0.0953. The number of halogens is 3. The van der Waals surface area contributed by atoms with Gasteiger partial charge in [-0.3, -0.25) is 4.79 Å². The van der Waals surface area contributed by atoms with E-state index in [9.17, 15) is 4.79 Å². The summed E-state index contributed by atoms with van der Waals surface area (Å²) in [6.45, 7) is 0. The highest BCUT2D eigenvalue weighted by atomic mass is 127. The summed E-state index contributed by atoms with van der Waals surface area (Å²) in [4.78, 5) is 12.4. The molecular formula is C13H7I3O. The number of benzene rings is 2. The van der Waals surface area contributed by atoms with Gasteiger partial charge in [0.1, 0.15) is 0 Å². The molecule has 0 aliphatic heterocycles. The summed E-state index contributed by atoms with van der Waals surface area (Å²) in [5.41, 5.74) is 1.55. The fourth-order valence-corrected chi connectivity index (χ4v) is 3.20. The Morgan fingerprint density at radius 2 is 1.35 bits per heavy atom. The lowest BCUT2D eigenvalue weighted by molar-refractivity contribution is 0.103. The number of rotatable bonds is 2. The van der Waals surface area contributed by atoms with Gasteiger partial charge in [-0.15, -0.1) is 0 Å². The van der Waals surface area contributed by atoms with Crippen LogP contribution < -0.4 is 0 Å². The lowest BCUT2D eigenvalue weighted by Crippen LogP contribution is -2.06. The highest BCUT2D eigenvalue weighted by molar-refractivity contribution is 14.1. The van der Waals surface area contributed by atoms with Crippen LogP contribution >= 0.6 is 67.8 Å². The van der Waals surface area contributed by atoms with Crippen molar-refractivity contribution in [2.45, 2.75) is 0 Å². The molecule has 0 aliphatic carbocycles. The first-order chi connectivity index (χ1) is 8.11. The van der Waals surface area contributed by atoms with Crippen molar-refractivity contribution in [3.63, 3.8) is 0 Å². The maximum atomic E-state index is 12.4. The maximum Gasteiger partial charge on any atom is 0.195 e. The zero-order valence-electron chi connectivity index (χ0n) is 8.58. The molecule has 0 spiro atoms. The van der Waals surface area contributed by atoms with Gasteiger partial charge in [0.15, 0.2) is 5.78 Å². The zero-order valence-corrected chi connectivity index (χ0v) is 15.1. The van der Waals surface area contributed by atoms with Crippen molar-refractivity contribution in [1.29, 1.82) is 0 Å². The van der Waals surface area contributed by atoms with E-state index >= 15 is 0 Å². The van der Waals surface area contributed by atoms with E-state index in [2.05, 4.69) is 67.8 Å². The molecule has 0 unspecified atom stereocenters. The average molecular weight is 560 g/mol. The van der Waals surface area contributed by atoms with E-state index in [0.717, 1.165) is 21.8 Å². The van der Waals surface area contributed by atoms with Crippen LogP contribution in [0.1, 0.15) is 15.9 Å². The lowest BCUT2D eigenvalue weighted by Gasteiger charge is -2.07. The Kier molecular flexibility index (Phi) is 4.81. The third-order valence-corrected chi connectivity index (χ3v) is 6.35. The molecule has 2 aromatic carbocycles. The molecule has 0 atom stereocenters. The summed E-state index contributed by atoms with van der Waals surface area (Å²) < 4.78 is 3.13. The van der Waals surface area contributed by atoms with Crippen molar-refractivity contribution in [2.24, 2.45) is 0 Å². The molecule has 0 N–H and O–H groups in total. The van der Waals surface area contributed by atoms with Crippen LogP contribution in [-0.2, 0) is 0 Å². The molecule has 0 radical (unpaired) electrons. The van der Waals surface area contributed by atoms with Crippen LogP contribution in [0.2, 0.25) is 0 Å². The number of ketones is 1. The van der Waals surface area contributed by atoms with Crippen molar-refractivity contribution in [3.8, 4) is 0 Å². The largest absolute Gasteiger partial charge is 0.289 e. The van der Waals surface area contributed by atoms with Crippen molar-refractivity contribution in [2.75, 3.05) is 0 Å². The Morgan fingerprint density at radius 3 is 2.06 bits per heavy atom. The molecule has 4 heteroatoms. The summed E-state index contributed by atoms with van der Waals surface area (Å²) in [6, 6.07) is 13.5. The second-order valence-electron chi connectivity index (χ2n) is 3.41. The van der Waals surface area contributed by atoms with Gasteiger partial charge in [0.25, 0.3) is 0 Å². The first-order valence-corrected chi connectivity index (χ1v) is 8.08. The van der Waals surface area contributed by atoms with E-state index < -0.39 is 0 Å². The van der Waals surface area contributed by atoms with E-state index in [0.29, 0.717) is 0 Å². The maximum absolute atomic E-state index is 12.4. The molecular weight excluding hydrogens is 553 g/mol. The summed E-state index contributed by atoms with van der Waals surface area (Å²) in [5, 5.41) is 0. The Labute approximate surface area is 141 Å². The van der Waals surface area contributed by atoms with Crippen LogP contribution in [0.4, 0.5) is 0 Å². The molecule has 1 nitrogen and oxygen atoms in total. The Hall–Kier alpha value is 0.300. The van der Waals surface area contributed by atoms with E-state index in [1.165, 1.54) is 0 Å². The van der Waals surface area contributed by atoms with Gasteiger partial charge in [-0.05, 0) is 92.0 Å². The van der Waals surface area contributed by atoms with Crippen molar-refractivity contribution < 1.29 is 4.79 Å². The molecule has 17 heavy (non-hydrogen) atoms. The van der Waals surface area contributed by atoms with Crippen LogP contribution in [0.3, 0.4) is 0 Å². The molecule has 0 heterocycles. The highest BCUT2D eigenvalue weighted by Gasteiger charge is 2.15. The van der Waals surface area contributed by atoms with Gasteiger partial charge in [-0.2, -0.15) is 0 Å². The minimum Gasteiger partial charge on any atom is -0.289 e. The molecule has 2 aromatic rings. The molecule has 0 saturated heterocycles. The third kappa shape index (κ3) is 3.01. The van der Waals surface area contributed by atoms with E-state index in [-0.39, 0.29) is 5.78 Å². The molecule has 86 valence electrons. The highest BCUT2D eigenvalue weighted by Crippen LogP contribution is 2.23. The van der Waals surface area contributed by atoms with Crippen molar-refractivity contribution in [1.82, 2.24) is 0 Å². The first kappa shape index (κ1) is 13.7. The van der Waals surface area contributed by atoms with E-state index in [1.54, 1.807) is 0 Å². The van der Waals surface area contributed by atoms with Gasteiger partial charge >= 0.3 is 0 Å². The van der Waals surface area contributed by atoms with E-state index in [1.807, 2.05) is 42.5 Å². The van der Waals surface area contributed by atoms with Gasteiger partial charge in [-0.25, -0.2) is 0 Å². The quantitative estimate of drug-likeness (QED) is 0.384. The molecule has 0 amide bonds. The topological polar surface area (TPSA) is 17.1 Å². The Balaban J connectivity index is 2.52. The van der Waals surface area contributed by atoms with Gasteiger partial charge in [0, 0.05) is 21.8 Å². The van der Waals surface area contributed by atoms with Crippen LogP contribution in [0.25, 0.3) is 0 Å². The molecule has 0 bridgehead atoms. The molecule has 2 rings (SSSR count). The van der Waals surface area contributed by atoms with Crippen molar-refractivity contribution in [3.05, 3.63) is 64.3 Å². The fourth-order valence-electron chi connectivity index (χ4n) is 1.47. The predicted octanol–water partition coefficient (Wildman–Crippen LogP) is 4.73. The van der Waals surface area contributed by atoms with Crippen molar-refractivity contribution >= 4 is 73.6 Å². The summed E-state index contributed by atoms with van der Waals surface area (Å²) in [5.74, 6) is 0.0953. The van der Waals surface area contributed by atoms with Gasteiger partial charge in [-0.1, -0.05) is 18.2 Å². The molecule has 0 aliphatic rings. The number of carbonyl (C=O) groups excluding carboxylic acids is 1. The fraction of sp³-hybridized carbons (Fsp3) is 0. The number of hydrogen-bond acceptors (Lipinski definition) is 1. The van der Waals surface area contributed by atoms with Gasteiger partial charge in [0.05, 0.1) is 0 Å². The second-order valence-corrected chi connectivity index (χ2v) is 6.81. The van der Waals surface area contributed by atoms with Crippen LogP contribution in [0.5, 0.6) is 0 Å². The van der Waals surface area contributed by atoms with Gasteiger partial charge in [0.2, 0.25) is 0 Å². The van der Waals surface area contributed by atoms with Crippen LogP contribution in [0.15, 0.2) is 42.5 Å². The van der Waals surface area contributed by atoms with Crippen LogP contribution in [-0.4, -0.2) is 5.78 Å². The standard InChI is InChI=1S/C13H7I3O/c14-10-6-2-1-4-8(10)13(17)9-5-3-7-11(15)12(9)16/h1-7H.